The van der Waals surface area contributed by atoms with Gasteiger partial charge in [0.05, 0.1) is 18.4 Å². The first-order chi connectivity index (χ1) is 9.38. The zero-order valence-corrected chi connectivity index (χ0v) is 11.9. The average Bonchev–Trinajstić information content (AvgIpc) is 2.72. The number of hydrogen-bond donors (Lipinski definition) is 1. The summed E-state index contributed by atoms with van der Waals surface area (Å²) in [4.78, 5) is 38.7. The summed E-state index contributed by atoms with van der Waals surface area (Å²) in [6, 6.07) is 0. The predicted octanol–water partition coefficient (Wildman–Crippen LogP) is -0.0207. The van der Waals surface area contributed by atoms with Gasteiger partial charge in [0.25, 0.3) is 5.56 Å². The summed E-state index contributed by atoms with van der Waals surface area (Å²) >= 11 is 0. The first-order valence-electron chi connectivity index (χ1n) is 6.31. The van der Waals surface area contributed by atoms with Crippen LogP contribution in [0.5, 0.6) is 0 Å². The quantitative estimate of drug-likeness (QED) is 0.800. The van der Waals surface area contributed by atoms with E-state index in [1.807, 2.05) is 0 Å². The fourth-order valence-electron chi connectivity index (χ4n) is 2.28. The molecule has 0 atom stereocenters. The van der Waals surface area contributed by atoms with Gasteiger partial charge in [-0.1, -0.05) is 0 Å². The van der Waals surface area contributed by atoms with E-state index in [1.54, 1.807) is 20.9 Å². The minimum atomic E-state index is -0.411. The Kier molecular flexibility index (Phi) is 3.52. The van der Waals surface area contributed by atoms with Gasteiger partial charge < -0.3 is 9.72 Å². The lowest BCUT2D eigenvalue weighted by molar-refractivity contribution is -0.142. The van der Waals surface area contributed by atoms with Crippen molar-refractivity contribution in [2.45, 2.75) is 20.3 Å². The molecule has 2 aromatic heterocycles. The molecule has 7 nitrogen and oxygen atoms in total. The number of esters is 1. The van der Waals surface area contributed by atoms with Crippen LogP contribution in [0.2, 0.25) is 0 Å². The van der Waals surface area contributed by atoms with Crippen LogP contribution in [0, 0.1) is 6.92 Å². The zero-order chi connectivity index (χ0) is 15.0. The monoisotopic (exact) mass is 279 g/mol. The Morgan fingerprint density at radius 3 is 2.50 bits per heavy atom. The summed E-state index contributed by atoms with van der Waals surface area (Å²) in [5, 5.41) is 0.361. The molecule has 0 bridgehead atoms. The molecule has 0 aliphatic rings. The number of aromatic amines is 1. The Balaban J connectivity index is 2.74. The van der Waals surface area contributed by atoms with Gasteiger partial charge in [-0.05, 0) is 19.4 Å². The number of fused-ring (bicyclic) bond motifs is 1. The number of H-pyrrole nitrogens is 1. The molecule has 0 aliphatic carbocycles. The minimum absolute atomic E-state index is 0.00706. The Labute approximate surface area is 114 Å². The van der Waals surface area contributed by atoms with Crippen molar-refractivity contribution in [3.8, 4) is 0 Å². The van der Waals surface area contributed by atoms with Crippen molar-refractivity contribution >= 4 is 17.0 Å². The molecule has 0 spiro atoms. The molecule has 1 N–H and O–H groups in total. The average molecular weight is 279 g/mol. The normalized spacial score (nSPS) is 11.0. The molecular formula is C13H17N3O4. The number of aromatic nitrogens is 3. The van der Waals surface area contributed by atoms with Gasteiger partial charge in [-0.2, -0.15) is 0 Å². The maximum absolute atomic E-state index is 12.3. The van der Waals surface area contributed by atoms with Crippen molar-refractivity contribution in [3.05, 3.63) is 32.1 Å². The minimum Gasteiger partial charge on any atom is -0.466 e. The zero-order valence-electron chi connectivity index (χ0n) is 11.9. The van der Waals surface area contributed by atoms with E-state index >= 15 is 0 Å². The number of ether oxygens (including phenoxy) is 1. The Morgan fingerprint density at radius 2 is 1.90 bits per heavy atom. The molecule has 2 aromatic rings. The van der Waals surface area contributed by atoms with E-state index in [1.165, 1.54) is 11.6 Å². The van der Waals surface area contributed by atoms with E-state index in [-0.39, 0.29) is 13.0 Å². The number of nitrogens with one attached hydrogen (secondary N) is 1. The standard InChI is InChI=1S/C13H17N3O4/c1-5-20-9(17)6-8-7(2)14-11-10(8)12(18)16(4)13(19)15(11)3/h14H,5-6H2,1-4H3. The summed E-state index contributed by atoms with van der Waals surface area (Å²) in [5.41, 5.74) is 0.870. The van der Waals surface area contributed by atoms with Crippen LogP contribution in [0.25, 0.3) is 11.0 Å². The summed E-state index contributed by atoms with van der Waals surface area (Å²) in [6.07, 6.45) is 0.00706. The van der Waals surface area contributed by atoms with E-state index in [0.29, 0.717) is 22.3 Å². The third-order valence-corrected chi connectivity index (χ3v) is 3.35. The maximum Gasteiger partial charge on any atom is 0.332 e. The lowest BCUT2D eigenvalue weighted by atomic mass is 10.1. The molecule has 0 saturated heterocycles. The van der Waals surface area contributed by atoms with Gasteiger partial charge in [0, 0.05) is 19.8 Å². The van der Waals surface area contributed by atoms with E-state index < -0.39 is 17.2 Å². The lowest BCUT2D eigenvalue weighted by Crippen LogP contribution is -2.37. The SMILES string of the molecule is CCOC(=O)Cc1c(C)[nH]c2c1c(=O)n(C)c(=O)n2C. The molecule has 0 aliphatic heterocycles. The smallest absolute Gasteiger partial charge is 0.332 e. The first kappa shape index (κ1) is 14.1. The largest absolute Gasteiger partial charge is 0.466 e. The van der Waals surface area contributed by atoms with Gasteiger partial charge in [0.15, 0.2) is 0 Å². The fourth-order valence-corrected chi connectivity index (χ4v) is 2.28. The van der Waals surface area contributed by atoms with Crippen LogP contribution >= 0.6 is 0 Å². The van der Waals surface area contributed by atoms with Crippen molar-refractivity contribution in [3.63, 3.8) is 0 Å². The van der Waals surface area contributed by atoms with Gasteiger partial charge in [-0.15, -0.1) is 0 Å². The molecule has 20 heavy (non-hydrogen) atoms. The second kappa shape index (κ2) is 4.99. The van der Waals surface area contributed by atoms with Crippen LogP contribution < -0.4 is 11.2 Å². The summed E-state index contributed by atoms with van der Waals surface area (Å²) in [5.74, 6) is -0.396. The molecule has 0 saturated carbocycles. The van der Waals surface area contributed by atoms with Crippen molar-refractivity contribution in [2.24, 2.45) is 14.1 Å². The number of hydrogen-bond acceptors (Lipinski definition) is 4. The summed E-state index contributed by atoms with van der Waals surface area (Å²) in [6.45, 7) is 3.78. The molecular weight excluding hydrogens is 262 g/mol. The van der Waals surface area contributed by atoms with Gasteiger partial charge in [0.1, 0.15) is 5.65 Å². The number of nitrogens with zero attached hydrogens (tertiary/aromatic N) is 2. The van der Waals surface area contributed by atoms with E-state index in [9.17, 15) is 14.4 Å². The highest BCUT2D eigenvalue weighted by Crippen LogP contribution is 2.18. The van der Waals surface area contributed by atoms with Gasteiger partial charge in [0.2, 0.25) is 0 Å². The number of aryl methyl sites for hydroxylation is 2. The Hall–Kier alpha value is -2.31. The van der Waals surface area contributed by atoms with Crippen LogP contribution in [0.4, 0.5) is 0 Å². The number of rotatable bonds is 3. The van der Waals surface area contributed by atoms with Crippen molar-refractivity contribution in [2.75, 3.05) is 6.61 Å². The molecule has 2 heterocycles. The van der Waals surface area contributed by atoms with E-state index in [0.717, 1.165) is 4.57 Å². The van der Waals surface area contributed by atoms with Gasteiger partial charge in [-0.25, -0.2) is 4.79 Å². The highest BCUT2D eigenvalue weighted by molar-refractivity contribution is 5.86. The topological polar surface area (TPSA) is 86.1 Å². The second-order valence-electron chi connectivity index (χ2n) is 4.64. The van der Waals surface area contributed by atoms with Crippen LogP contribution in [0.1, 0.15) is 18.2 Å². The van der Waals surface area contributed by atoms with Crippen molar-refractivity contribution < 1.29 is 9.53 Å². The van der Waals surface area contributed by atoms with Crippen LogP contribution in [-0.4, -0.2) is 26.7 Å². The Bertz CT molecular complexity index is 795. The molecule has 108 valence electrons. The first-order valence-corrected chi connectivity index (χ1v) is 6.31. The van der Waals surface area contributed by atoms with Gasteiger partial charge >= 0.3 is 11.7 Å². The van der Waals surface area contributed by atoms with Crippen LogP contribution in [0.15, 0.2) is 9.59 Å². The lowest BCUT2D eigenvalue weighted by Gasteiger charge is -2.05. The summed E-state index contributed by atoms with van der Waals surface area (Å²) < 4.78 is 7.30. The number of carbonyl (C=O) groups is 1. The second-order valence-corrected chi connectivity index (χ2v) is 4.64. The summed E-state index contributed by atoms with van der Waals surface area (Å²) in [7, 11) is 2.99. The third kappa shape index (κ3) is 2.04. The highest BCUT2D eigenvalue weighted by atomic mass is 16.5. The maximum atomic E-state index is 12.3. The van der Waals surface area contributed by atoms with E-state index in [2.05, 4.69) is 4.98 Å². The molecule has 0 radical (unpaired) electrons. The molecule has 7 heteroatoms. The van der Waals surface area contributed by atoms with Crippen molar-refractivity contribution in [1.29, 1.82) is 0 Å². The third-order valence-electron chi connectivity index (χ3n) is 3.35. The van der Waals surface area contributed by atoms with Crippen LogP contribution in [0.3, 0.4) is 0 Å². The molecule has 0 fully saturated rings. The Morgan fingerprint density at radius 1 is 1.25 bits per heavy atom. The fraction of sp³-hybridized carbons (Fsp3) is 0.462. The predicted molar refractivity (Wildman–Crippen MR) is 73.9 cm³/mol. The molecule has 0 aromatic carbocycles. The van der Waals surface area contributed by atoms with Crippen molar-refractivity contribution in [1.82, 2.24) is 14.1 Å². The van der Waals surface area contributed by atoms with Crippen LogP contribution in [-0.2, 0) is 30.0 Å². The number of carbonyl (C=O) groups excluding carboxylic acids is 1. The van der Waals surface area contributed by atoms with Gasteiger partial charge in [-0.3, -0.25) is 18.7 Å². The molecule has 0 amide bonds. The van der Waals surface area contributed by atoms with E-state index in [4.69, 9.17) is 4.74 Å². The molecule has 2 rings (SSSR count). The highest BCUT2D eigenvalue weighted by Gasteiger charge is 2.19. The molecule has 0 unspecified atom stereocenters.